The maximum Gasteiger partial charge on any atom is 0.254 e. The summed E-state index contributed by atoms with van der Waals surface area (Å²) < 4.78 is 0. The van der Waals surface area contributed by atoms with Crippen LogP contribution < -0.4 is 16.0 Å². The molecule has 174 valence electrons. The largest absolute Gasteiger partial charge is 0.357 e. The molecule has 1 aromatic heterocycles. The fraction of sp³-hybridized carbons (Fsp3) is 0.455. The number of piperazine rings is 1. The van der Waals surface area contributed by atoms with Crippen LogP contribution in [0.5, 0.6) is 0 Å². The number of benzene rings is 1. The van der Waals surface area contributed by atoms with Crippen molar-refractivity contribution in [1.82, 2.24) is 25.8 Å². The molecule has 1 aliphatic rings. The highest BCUT2D eigenvalue weighted by Gasteiger charge is 2.22. The Morgan fingerprint density at radius 2 is 2.00 bits per heavy atom. The molecule has 10 heteroatoms. The molecule has 3 N–H and O–H groups in total. The molecule has 0 atom stereocenters. The zero-order chi connectivity index (χ0) is 22.2. The molecule has 0 spiro atoms. The normalized spacial score (nSPS) is 13.9. The fourth-order valence-corrected chi connectivity index (χ4v) is 4.13. The second-order valence-corrected chi connectivity index (χ2v) is 8.68. The lowest BCUT2D eigenvalue weighted by atomic mass is 10.1. The van der Waals surface area contributed by atoms with Gasteiger partial charge >= 0.3 is 0 Å². The van der Waals surface area contributed by atoms with E-state index in [0.717, 1.165) is 41.7 Å². The third-order valence-corrected chi connectivity index (χ3v) is 6.13. The van der Waals surface area contributed by atoms with Crippen molar-refractivity contribution < 1.29 is 9.59 Å². The standard InChI is InChI=1S/C22H30N6O2S.HI/c1-4-23-22(25-10-9-20-27-15(2)16(3)31-20)26-13-17-5-7-18(8-6-17)21(30)28-12-11-24-19(29)14-28;/h5-8H,4,9-14H2,1-3H3,(H,24,29)(H2,23,25,26);1H. The Morgan fingerprint density at radius 1 is 1.25 bits per heavy atom. The smallest absolute Gasteiger partial charge is 0.254 e. The van der Waals surface area contributed by atoms with Gasteiger partial charge in [-0.1, -0.05) is 12.1 Å². The van der Waals surface area contributed by atoms with Crippen LogP contribution in [0, 0.1) is 13.8 Å². The van der Waals surface area contributed by atoms with E-state index in [2.05, 4.69) is 32.9 Å². The number of aryl methyl sites for hydroxylation is 2. The first kappa shape index (κ1) is 26.0. The predicted octanol–water partition coefficient (Wildman–Crippen LogP) is 2.25. The van der Waals surface area contributed by atoms with Gasteiger partial charge in [-0.15, -0.1) is 35.3 Å². The number of hydrogen-bond donors (Lipinski definition) is 3. The van der Waals surface area contributed by atoms with Crippen molar-refractivity contribution in [3.05, 3.63) is 51.0 Å². The number of halogens is 1. The topological polar surface area (TPSA) is 98.7 Å². The van der Waals surface area contributed by atoms with Crippen molar-refractivity contribution in [3.8, 4) is 0 Å². The number of carbonyl (C=O) groups excluding carboxylic acids is 2. The van der Waals surface area contributed by atoms with Gasteiger partial charge in [0, 0.05) is 43.0 Å². The Bertz CT molecular complexity index is 925. The van der Waals surface area contributed by atoms with Crippen molar-refractivity contribution in [2.24, 2.45) is 4.99 Å². The summed E-state index contributed by atoms with van der Waals surface area (Å²) in [6.07, 6.45) is 0.856. The van der Waals surface area contributed by atoms with Crippen LogP contribution >= 0.6 is 35.3 Å². The Kier molecular flexibility index (Phi) is 10.4. The van der Waals surface area contributed by atoms with E-state index in [1.807, 2.05) is 26.0 Å². The average Bonchev–Trinajstić information content (AvgIpc) is 3.09. The summed E-state index contributed by atoms with van der Waals surface area (Å²) in [4.78, 5) is 36.1. The Labute approximate surface area is 210 Å². The molecule has 0 unspecified atom stereocenters. The van der Waals surface area contributed by atoms with E-state index in [1.54, 1.807) is 28.4 Å². The van der Waals surface area contributed by atoms with Crippen LogP contribution in [0.2, 0.25) is 0 Å². The van der Waals surface area contributed by atoms with E-state index in [4.69, 9.17) is 0 Å². The number of hydrogen-bond acceptors (Lipinski definition) is 5. The number of aromatic nitrogens is 1. The first-order valence-corrected chi connectivity index (χ1v) is 11.4. The summed E-state index contributed by atoms with van der Waals surface area (Å²) in [5, 5.41) is 10.5. The van der Waals surface area contributed by atoms with E-state index < -0.39 is 0 Å². The molecule has 1 saturated heterocycles. The summed E-state index contributed by atoms with van der Waals surface area (Å²) in [7, 11) is 0. The van der Waals surface area contributed by atoms with Crippen molar-refractivity contribution >= 4 is 53.1 Å². The highest BCUT2D eigenvalue weighted by molar-refractivity contribution is 14.0. The summed E-state index contributed by atoms with van der Waals surface area (Å²) in [5.41, 5.74) is 2.70. The number of carbonyl (C=O) groups is 2. The van der Waals surface area contributed by atoms with Crippen LogP contribution in [0.4, 0.5) is 0 Å². The van der Waals surface area contributed by atoms with E-state index in [1.165, 1.54) is 4.88 Å². The van der Waals surface area contributed by atoms with Crippen molar-refractivity contribution in [2.45, 2.75) is 33.7 Å². The third-order valence-electron chi connectivity index (χ3n) is 4.99. The summed E-state index contributed by atoms with van der Waals surface area (Å²) in [6, 6.07) is 7.41. The lowest BCUT2D eigenvalue weighted by Crippen LogP contribution is -2.49. The zero-order valence-corrected chi connectivity index (χ0v) is 21.9. The van der Waals surface area contributed by atoms with Crippen molar-refractivity contribution in [3.63, 3.8) is 0 Å². The minimum atomic E-state index is -0.118. The van der Waals surface area contributed by atoms with Crippen LogP contribution in [-0.2, 0) is 17.8 Å². The average molecular weight is 571 g/mol. The molecule has 0 saturated carbocycles. The SMILES string of the molecule is CCNC(=NCc1ccc(C(=O)N2CCNC(=O)C2)cc1)NCCc1nc(C)c(C)s1.I. The van der Waals surface area contributed by atoms with Gasteiger partial charge in [0.2, 0.25) is 5.91 Å². The molecular formula is C22H31IN6O2S. The number of nitrogens with zero attached hydrogens (tertiary/aromatic N) is 3. The number of guanidine groups is 1. The molecule has 1 fully saturated rings. The quantitative estimate of drug-likeness (QED) is 0.270. The molecule has 1 aliphatic heterocycles. The first-order valence-electron chi connectivity index (χ1n) is 10.6. The molecule has 0 radical (unpaired) electrons. The van der Waals surface area contributed by atoms with Crippen LogP contribution in [0.25, 0.3) is 0 Å². The molecule has 3 rings (SSSR count). The molecule has 0 aliphatic carbocycles. The molecular weight excluding hydrogens is 539 g/mol. The van der Waals surface area contributed by atoms with Gasteiger partial charge in [-0.05, 0) is 38.5 Å². The van der Waals surface area contributed by atoms with E-state index in [-0.39, 0.29) is 42.3 Å². The number of thiazole rings is 1. The minimum absolute atomic E-state index is 0. The Hall–Kier alpha value is -2.21. The highest BCUT2D eigenvalue weighted by atomic mass is 127. The summed E-state index contributed by atoms with van der Waals surface area (Å²) in [6.45, 7) is 9.36. The molecule has 1 aromatic carbocycles. The van der Waals surface area contributed by atoms with Gasteiger partial charge in [0.05, 0.1) is 23.8 Å². The Balaban J connectivity index is 0.00000363. The van der Waals surface area contributed by atoms with Gasteiger partial charge in [-0.2, -0.15) is 0 Å². The number of rotatable bonds is 7. The zero-order valence-electron chi connectivity index (χ0n) is 18.7. The van der Waals surface area contributed by atoms with Crippen LogP contribution in [-0.4, -0.2) is 60.4 Å². The van der Waals surface area contributed by atoms with Gasteiger partial charge < -0.3 is 20.9 Å². The van der Waals surface area contributed by atoms with Gasteiger partial charge in [-0.3, -0.25) is 9.59 Å². The number of aliphatic imine (C=N–C) groups is 1. The molecule has 2 amide bonds. The molecule has 2 heterocycles. The second-order valence-electron chi connectivity index (χ2n) is 7.39. The van der Waals surface area contributed by atoms with Crippen molar-refractivity contribution in [2.75, 3.05) is 32.7 Å². The van der Waals surface area contributed by atoms with Crippen LogP contribution in [0.3, 0.4) is 0 Å². The second kappa shape index (κ2) is 12.7. The lowest BCUT2D eigenvalue weighted by molar-refractivity contribution is -0.123. The van der Waals surface area contributed by atoms with E-state index >= 15 is 0 Å². The molecule has 2 aromatic rings. The number of nitrogens with one attached hydrogen (secondary N) is 3. The summed E-state index contributed by atoms with van der Waals surface area (Å²) in [5.74, 6) is 0.522. The van der Waals surface area contributed by atoms with Crippen LogP contribution in [0.1, 0.15) is 38.4 Å². The predicted molar refractivity (Wildman–Crippen MR) is 139 cm³/mol. The fourth-order valence-electron chi connectivity index (χ4n) is 3.19. The van der Waals surface area contributed by atoms with Gasteiger partial charge in [0.15, 0.2) is 5.96 Å². The van der Waals surface area contributed by atoms with Crippen molar-refractivity contribution in [1.29, 1.82) is 0 Å². The third kappa shape index (κ3) is 7.44. The van der Waals surface area contributed by atoms with E-state index in [0.29, 0.717) is 25.2 Å². The van der Waals surface area contributed by atoms with Gasteiger partial charge in [0.25, 0.3) is 5.91 Å². The molecule has 0 bridgehead atoms. The first-order chi connectivity index (χ1) is 15.0. The summed E-state index contributed by atoms with van der Waals surface area (Å²) >= 11 is 1.74. The number of amides is 2. The maximum absolute atomic E-state index is 12.6. The van der Waals surface area contributed by atoms with Crippen LogP contribution in [0.15, 0.2) is 29.3 Å². The minimum Gasteiger partial charge on any atom is -0.357 e. The van der Waals surface area contributed by atoms with Gasteiger partial charge in [0.1, 0.15) is 0 Å². The van der Waals surface area contributed by atoms with E-state index in [9.17, 15) is 9.59 Å². The highest BCUT2D eigenvalue weighted by Crippen LogP contribution is 2.16. The molecule has 32 heavy (non-hydrogen) atoms. The van der Waals surface area contributed by atoms with Gasteiger partial charge in [-0.25, -0.2) is 9.98 Å². The maximum atomic E-state index is 12.6. The monoisotopic (exact) mass is 570 g/mol. The molecule has 8 nitrogen and oxygen atoms in total. The lowest BCUT2D eigenvalue weighted by Gasteiger charge is -2.26. The Morgan fingerprint density at radius 3 is 2.62 bits per heavy atom.